The van der Waals surface area contributed by atoms with E-state index in [1.54, 1.807) is 17.8 Å². The Bertz CT molecular complexity index is 2010. The first kappa shape index (κ1) is 49.7. The molecule has 0 bridgehead atoms. The molecule has 3 aliphatic carbocycles. The Hall–Kier alpha value is -4.17. The van der Waals surface area contributed by atoms with Crippen LogP contribution in [0.25, 0.3) is 0 Å². The van der Waals surface area contributed by atoms with Gasteiger partial charge in [0.15, 0.2) is 0 Å². The summed E-state index contributed by atoms with van der Waals surface area (Å²) in [7, 11) is 0. The van der Waals surface area contributed by atoms with Gasteiger partial charge in [-0.25, -0.2) is 0 Å². The van der Waals surface area contributed by atoms with Gasteiger partial charge >= 0.3 is 0 Å². The fourth-order valence-corrected chi connectivity index (χ4v) is 11.6. The first-order chi connectivity index (χ1) is 32.5. The maximum Gasteiger partial charge on any atom is 0.239 e. The molecule has 66 heavy (non-hydrogen) atoms. The molecule has 3 aromatic rings. The lowest BCUT2D eigenvalue weighted by Gasteiger charge is -2.60. The van der Waals surface area contributed by atoms with E-state index in [1.165, 1.54) is 17.7 Å². The maximum absolute atomic E-state index is 15.0. The van der Waals surface area contributed by atoms with Gasteiger partial charge in [0.05, 0.1) is 44.7 Å². The predicted molar refractivity (Wildman–Crippen MR) is 260 cm³/mol. The molecule has 12 heteroatoms. The van der Waals surface area contributed by atoms with Crippen molar-refractivity contribution in [3.05, 3.63) is 114 Å². The van der Waals surface area contributed by atoms with Gasteiger partial charge < -0.3 is 44.0 Å². The molecule has 358 valence electrons. The highest BCUT2D eigenvalue weighted by Crippen LogP contribution is 2.62. The van der Waals surface area contributed by atoms with Crippen LogP contribution in [-0.2, 0) is 25.7 Å². The van der Waals surface area contributed by atoms with Gasteiger partial charge in [0.2, 0.25) is 11.7 Å². The molecule has 1 amide bonds. The molecule has 6 atom stereocenters. The Labute approximate surface area is 396 Å². The van der Waals surface area contributed by atoms with Gasteiger partial charge in [0.25, 0.3) is 0 Å². The van der Waals surface area contributed by atoms with Crippen LogP contribution in [0.2, 0.25) is 0 Å². The van der Waals surface area contributed by atoms with Gasteiger partial charge in [-0.05, 0) is 91.3 Å². The van der Waals surface area contributed by atoms with E-state index in [1.807, 2.05) is 65.6 Å². The summed E-state index contributed by atoms with van der Waals surface area (Å²) in [6.45, 7) is 5.84. The molecule has 0 saturated heterocycles. The summed E-state index contributed by atoms with van der Waals surface area (Å²) in [5, 5.41) is 34.7. The molecule has 2 fully saturated rings. The average molecular weight is 925 g/mol. The summed E-state index contributed by atoms with van der Waals surface area (Å²) in [6, 6.07) is 25.8. The average Bonchev–Trinajstić information content (AvgIpc) is 3.88. The summed E-state index contributed by atoms with van der Waals surface area (Å²) < 4.78 is 27.1. The van der Waals surface area contributed by atoms with E-state index in [-0.39, 0.29) is 76.5 Å². The molecule has 3 aromatic carbocycles. The van der Waals surface area contributed by atoms with Crippen LogP contribution in [0, 0.1) is 23.7 Å². The number of unbranched alkanes of at least 4 members (excludes halogenated alkanes) is 2. The van der Waals surface area contributed by atoms with Crippen LogP contribution >= 0.6 is 11.8 Å². The van der Waals surface area contributed by atoms with Gasteiger partial charge in [-0.15, -0.1) is 18.3 Å². The number of carbonyl (C=O) groups excluding carboxylic acids is 1. The molecule has 0 radical (unpaired) electrons. The Balaban J connectivity index is 1.36. The van der Waals surface area contributed by atoms with Crippen molar-refractivity contribution >= 4 is 23.4 Å². The fourth-order valence-electron chi connectivity index (χ4n) is 10.9. The van der Waals surface area contributed by atoms with E-state index in [9.17, 15) is 20.1 Å². The van der Waals surface area contributed by atoms with E-state index in [4.69, 9.17) is 28.9 Å². The number of aliphatic hydroxyl groups is 3. The van der Waals surface area contributed by atoms with Gasteiger partial charge in [0.1, 0.15) is 24.1 Å². The van der Waals surface area contributed by atoms with Gasteiger partial charge in [-0.3, -0.25) is 4.79 Å². The zero-order valence-electron chi connectivity index (χ0n) is 38.7. The number of amides is 1. The number of allylic oxidation sites excluding steroid dienone is 1. The number of hydrogen-bond acceptors (Lipinski definition) is 11. The number of hydrogen-bond donors (Lipinski definition) is 3. The standard InChI is InChI=1S/C54H72N2O9S/c1-2-31-63-54-50(56(27-32-61-33-30-59)51(60)26-23-40-15-9-10-16-40)38-48(55-64-39-41-17-5-3-6-18-41)46-36-42(19-11-13-28-57)45(22-12-14-29-58)52(53(46)54)47-37-43(24-25-49(47)65-54)62-34-35-66-44-20-7-4-8-21-44/h2-8,17-18,20-21,24-25,36-37,40,42,45,50,52-53,57-59H,1,9-16,19,22-23,26-35,38-39H2. The largest absolute Gasteiger partial charge is 0.493 e. The second-order valence-corrected chi connectivity index (χ2v) is 19.3. The Morgan fingerprint density at radius 1 is 0.894 bits per heavy atom. The van der Waals surface area contributed by atoms with Crippen LogP contribution in [0.4, 0.5) is 0 Å². The van der Waals surface area contributed by atoms with Gasteiger partial charge in [-0.2, -0.15) is 0 Å². The predicted octanol–water partition coefficient (Wildman–Crippen LogP) is 9.50. The van der Waals surface area contributed by atoms with E-state index >= 15 is 0 Å². The first-order valence-corrected chi connectivity index (χ1v) is 25.5. The van der Waals surface area contributed by atoms with Crippen molar-refractivity contribution in [1.29, 1.82) is 0 Å². The Morgan fingerprint density at radius 2 is 1.65 bits per heavy atom. The van der Waals surface area contributed by atoms with Crippen molar-refractivity contribution in [2.24, 2.45) is 28.8 Å². The number of fused-ring (bicyclic) bond motifs is 2. The van der Waals surface area contributed by atoms with E-state index in [2.05, 4.69) is 30.9 Å². The summed E-state index contributed by atoms with van der Waals surface area (Å²) in [4.78, 5) is 24.4. The smallest absolute Gasteiger partial charge is 0.239 e. The molecule has 7 rings (SSSR count). The minimum Gasteiger partial charge on any atom is -0.493 e. The highest BCUT2D eigenvalue weighted by molar-refractivity contribution is 7.99. The third-order valence-electron chi connectivity index (χ3n) is 13.9. The van der Waals surface area contributed by atoms with Crippen molar-refractivity contribution in [3.8, 4) is 11.5 Å². The minimum absolute atomic E-state index is 0.0123. The van der Waals surface area contributed by atoms with Crippen molar-refractivity contribution in [3.63, 3.8) is 0 Å². The maximum atomic E-state index is 15.0. The number of ether oxygens (including phenoxy) is 4. The number of rotatable bonds is 28. The Morgan fingerprint density at radius 3 is 2.39 bits per heavy atom. The molecule has 11 nitrogen and oxygen atoms in total. The lowest BCUT2D eigenvalue weighted by molar-refractivity contribution is -0.258. The van der Waals surface area contributed by atoms with Crippen molar-refractivity contribution in [2.45, 2.75) is 113 Å². The lowest BCUT2D eigenvalue weighted by Crippen LogP contribution is -2.70. The highest BCUT2D eigenvalue weighted by atomic mass is 32.2. The molecule has 0 aromatic heterocycles. The zero-order chi connectivity index (χ0) is 46.0. The monoisotopic (exact) mass is 924 g/mol. The Kier molecular flexibility index (Phi) is 19.5. The molecule has 6 unspecified atom stereocenters. The molecule has 3 N–H and O–H groups in total. The molecule has 4 aliphatic rings. The normalized spacial score (nSPS) is 24.0. The molecular weight excluding hydrogens is 853 g/mol. The molecule has 0 spiro atoms. The van der Waals surface area contributed by atoms with Crippen LogP contribution in [0.15, 0.2) is 113 Å². The van der Waals surface area contributed by atoms with E-state index in [0.717, 1.165) is 78.9 Å². The van der Waals surface area contributed by atoms with Crippen LogP contribution in [-0.4, -0.2) is 102 Å². The number of carbonyl (C=O) groups is 1. The van der Waals surface area contributed by atoms with E-state index < -0.39 is 17.7 Å². The number of oxime groups is 1. The summed E-state index contributed by atoms with van der Waals surface area (Å²) in [5.74, 6) is 0.995. The third kappa shape index (κ3) is 12.7. The van der Waals surface area contributed by atoms with Crippen molar-refractivity contribution in [1.82, 2.24) is 4.90 Å². The van der Waals surface area contributed by atoms with E-state index in [0.29, 0.717) is 44.0 Å². The number of thioether (sulfide) groups is 1. The SMILES string of the molecule is C=CCOC12Oc3ccc(OCCSc4ccccc4)cc3C3C(CCCCO)C(CCCCO)C=C(C(=NOCc4ccccc4)CC1N(CCOCCO)C(=O)CCC1CCCC1)C32. The molecule has 2 saturated carbocycles. The van der Waals surface area contributed by atoms with Crippen LogP contribution < -0.4 is 9.47 Å². The number of benzene rings is 3. The third-order valence-corrected chi connectivity index (χ3v) is 14.9. The number of nitrogens with zero attached hydrogens (tertiary/aromatic N) is 2. The number of aliphatic hydroxyl groups excluding tert-OH is 3. The van der Waals surface area contributed by atoms with Gasteiger partial charge in [-0.1, -0.05) is 104 Å². The fraction of sp³-hybridized carbons (Fsp3) is 0.556. The quantitative estimate of drug-likeness (QED) is 0.0279. The zero-order valence-corrected chi connectivity index (χ0v) is 39.5. The van der Waals surface area contributed by atoms with Crippen LogP contribution in [0.3, 0.4) is 0 Å². The summed E-state index contributed by atoms with van der Waals surface area (Å²) >= 11 is 1.76. The highest BCUT2D eigenvalue weighted by Gasteiger charge is 2.65. The second-order valence-electron chi connectivity index (χ2n) is 18.2. The van der Waals surface area contributed by atoms with Crippen LogP contribution in [0.5, 0.6) is 11.5 Å². The lowest BCUT2D eigenvalue weighted by atomic mass is 9.55. The first-order valence-electron chi connectivity index (χ1n) is 24.5. The molecule has 1 heterocycles. The molecule has 1 aliphatic heterocycles. The topological polar surface area (TPSA) is 140 Å². The summed E-state index contributed by atoms with van der Waals surface area (Å²) in [5.41, 5.74) is 3.76. The van der Waals surface area contributed by atoms with Gasteiger partial charge in [0, 0.05) is 54.7 Å². The van der Waals surface area contributed by atoms with Crippen molar-refractivity contribution < 1.29 is 43.9 Å². The van der Waals surface area contributed by atoms with Crippen LogP contribution in [0.1, 0.15) is 101 Å². The summed E-state index contributed by atoms with van der Waals surface area (Å²) in [6.07, 6.45) is 15.1. The minimum atomic E-state index is -1.36. The second kappa shape index (κ2) is 25.8. The van der Waals surface area contributed by atoms with Crippen molar-refractivity contribution in [2.75, 3.05) is 58.5 Å². The molecular formula is C54H72N2O9S.